The third kappa shape index (κ3) is 3.25. The van der Waals surface area contributed by atoms with Gasteiger partial charge in [-0.25, -0.2) is 18.1 Å². The molecular weight excluding hydrogens is 316 g/mol. The molecule has 20 heavy (non-hydrogen) atoms. The Morgan fingerprint density at radius 1 is 1.45 bits per heavy atom. The topological polar surface area (TPSA) is 76.1 Å². The Kier molecular flexibility index (Phi) is 4.56. The Hall–Kier alpha value is -1.25. The molecule has 2 heterocycles. The fourth-order valence-electron chi connectivity index (χ4n) is 1.62. The maximum atomic E-state index is 12.1. The molecule has 0 aliphatic rings. The maximum Gasteiger partial charge on any atom is 0.277 e. The van der Waals surface area contributed by atoms with Crippen LogP contribution in [-0.4, -0.2) is 19.3 Å². The highest BCUT2D eigenvalue weighted by Crippen LogP contribution is 2.21. The third-order valence-corrected chi connectivity index (χ3v) is 6.44. The molecule has 0 bridgehead atoms. The van der Waals surface area contributed by atoms with Crippen LogP contribution < -0.4 is 4.72 Å². The zero-order valence-electron chi connectivity index (χ0n) is 11.0. The average Bonchev–Trinajstić information content (AvgIpc) is 2.98. The van der Waals surface area contributed by atoms with Crippen molar-refractivity contribution in [3.8, 4) is 0 Å². The van der Waals surface area contributed by atoms with Crippen LogP contribution in [-0.2, 0) is 16.4 Å². The lowest BCUT2D eigenvalue weighted by Crippen LogP contribution is -2.29. The van der Waals surface area contributed by atoms with E-state index < -0.39 is 15.9 Å². The van der Waals surface area contributed by atoms with Gasteiger partial charge < -0.3 is 0 Å². The molecule has 1 amide bonds. The van der Waals surface area contributed by atoms with E-state index in [1.807, 2.05) is 6.92 Å². The van der Waals surface area contributed by atoms with Crippen LogP contribution in [0.15, 0.2) is 21.7 Å². The number of sulfonamides is 1. The van der Waals surface area contributed by atoms with Gasteiger partial charge in [0.05, 0.1) is 10.7 Å². The lowest BCUT2D eigenvalue weighted by atomic mass is 10.3. The van der Waals surface area contributed by atoms with E-state index in [1.165, 1.54) is 17.4 Å². The van der Waals surface area contributed by atoms with E-state index in [2.05, 4.69) is 9.71 Å². The number of thiazole rings is 1. The molecular formula is C12H14N2O3S3. The number of amides is 1. The maximum absolute atomic E-state index is 12.1. The Labute approximate surface area is 125 Å². The molecule has 8 heteroatoms. The molecule has 1 N–H and O–H groups in total. The first-order valence-electron chi connectivity index (χ1n) is 6.01. The number of carbonyl (C=O) groups excluding carboxylic acids is 1. The summed E-state index contributed by atoms with van der Waals surface area (Å²) in [6.45, 7) is 3.74. The molecule has 2 aromatic rings. The minimum atomic E-state index is -3.79. The van der Waals surface area contributed by atoms with Crippen molar-refractivity contribution in [1.82, 2.24) is 9.71 Å². The van der Waals surface area contributed by atoms with Crippen molar-refractivity contribution in [2.45, 2.75) is 30.9 Å². The average molecular weight is 330 g/mol. The lowest BCUT2D eigenvalue weighted by Gasteiger charge is -2.03. The molecule has 0 aliphatic carbocycles. The van der Waals surface area contributed by atoms with Crippen molar-refractivity contribution in [3.05, 3.63) is 33.1 Å². The first-order valence-corrected chi connectivity index (χ1v) is 9.19. The SMILES string of the molecule is CCCc1nc(C)c(C(=O)NS(=O)(=O)c2cccs2)s1. The van der Waals surface area contributed by atoms with Crippen LogP contribution >= 0.6 is 22.7 Å². The van der Waals surface area contributed by atoms with Crippen molar-refractivity contribution in [3.63, 3.8) is 0 Å². The molecule has 0 aliphatic heterocycles. The number of aryl methyl sites for hydroxylation is 2. The predicted octanol–water partition coefficient (Wildman–Crippen LogP) is 2.58. The van der Waals surface area contributed by atoms with Crippen molar-refractivity contribution in [2.75, 3.05) is 0 Å². The summed E-state index contributed by atoms with van der Waals surface area (Å²) in [6.07, 6.45) is 1.72. The number of hydrogen-bond acceptors (Lipinski definition) is 6. The number of rotatable bonds is 5. The number of hydrogen-bond donors (Lipinski definition) is 1. The Morgan fingerprint density at radius 2 is 2.20 bits per heavy atom. The smallest absolute Gasteiger partial charge is 0.267 e. The summed E-state index contributed by atoms with van der Waals surface area (Å²) in [5.74, 6) is -0.615. The number of thiophene rings is 1. The van der Waals surface area contributed by atoms with E-state index in [0.29, 0.717) is 10.6 Å². The van der Waals surface area contributed by atoms with Gasteiger partial charge in [-0.15, -0.1) is 22.7 Å². The first-order chi connectivity index (χ1) is 9.44. The third-order valence-electron chi connectivity index (χ3n) is 2.50. The van der Waals surface area contributed by atoms with Gasteiger partial charge in [-0.2, -0.15) is 0 Å². The number of aromatic nitrogens is 1. The molecule has 0 saturated carbocycles. The second kappa shape index (κ2) is 6.02. The van der Waals surface area contributed by atoms with Crippen LogP contribution in [0, 0.1) is 6.92 Å². The molecule has 0 spiro atoms. The summed E-state index contributed by atoms with van der Waals surface area (Å²) in [5, 5.41) is 2.50. The Balaban J connectivity index is 2.20. The van der Waals surface area contributed by atoms with Crippen molar-refractivity contribution in [2.24, 2.45) is 0 Å². The van der Waals surface area contributed by atoms with Gasteiger partial charge in [-0.3, -0.25) is 4.79 Å². The summed E-state index contributed by atoms with van der Waals surface area (Å²) in [7, 11) is -3.79. The zero-order valence-corrected chi connectivity index (χ0v) is 13.5. The van der Waals surface area contributed by atoms with Crippen molar-refractivity contribution >= 4 is 38.6 Å². The summed E-state index contributed by atoms with van der Waals surface area (Å²) in [4.78, 5) is 16.7. The highest BCUT2D eigenvalue weighted by atomic mass is 32.2. The zero-order chi connectivity index (χ0) is 14.8. The largest absolute Gasteiger partial charge is 0.277 e. The summed E-state index contributed by atoms with van der Waals surface area (Å²) in [6, 6.07) is 3.09. The van der Waals surface area contributed by atoms with Gasteiger partial charge >= 0.3 is 0 Å². The van der Waals surface area contributed by atoms with E-state index in [1.54, 1.807) is 18.4 Å². The van der Waals surface area contributed by atoms with E-state index >= 15 is 0 Å². The van der Waals surface area contributed by atoms with E-state index in [9.17, 15) is 13.2 Å². The van der Waals surface area contributed by atoms with Crippen LogP contribution in [0.2, 0.25) is 0 Å². The first kappa shape index (κ1) is 15.1. The molecule has 0 aromatic carbocycles. The summed E-state index contributed by atoms with van der Waals surface area (Å²) >= 11 is 2.32. The van der Waals surface area contributed by atoms with Crippen molar-refractivity contribution < 1.29 is 13.2 Å². The normalized spacial score (nSPS) is 11.5. The van der Waals surface area contributed by atoms with Gasteiger partial charge in [-0.05, 0) is 31.2 Å². The van der Waals surface area contributed by atoms with Crippen LogP contribution in [0.5, 0.6) is 0 Å². The number of nitrogens with one attached hydrogen (secondary N) is 1. The molecule has 108 valence electrons. The van der Waals surface area contributed by atoms with Gasteiger partial charge in [0.25, 0.3) is 15.9 Å². The second-order valence-corrected chi connectivity index (χ2v) is 8.08. The minimum Gasteiger partial charge on any atom is -0.267 e. The molecule has 0 radical (unpaired) electrons. The van der Waals surface area contributed by atoms with Crippen LogP contribution in [0.3, 0.4) is 0 Å². The second-order valence-electron chi connectivity index (χ2n) is 4.14. The van der Waals surface area contributed by atoms with Gasteiger partial charge in [0.1, 0.15) is 9.09 Å². The minimum absolute atomic E-state index is 0.127. The molecule has 2 aromatic heterocycles. The molecule has 5 nitrogen and oxygen atoms in total. The van der Waals surface area contributed by atoms with Gasteiger partial charge in [-0.1, -0.05) is 13.0 Å². The van der Waals surface area contributed by atoms with Gasteiger partial charge in [0, 0.05) is 0 Å². The molecule has 0 unspecified atom stereocenters. The van der Waals surface area contributed by atoms with Crippen LogP contribution in [0.4, 0.5) is 0 Å². The molecule has 2 rings (SSSR count). The molecule has 0 fully saturated rings. The monoisotopic (exact) mass is 330 g/mol. The van der Waals surface area contributed by atoms with Gasteiger partial charge in [0.2, 0.25) is 0 Å². The number of nitrogens with zero attached hydrogens (tertiary/aromatic N) is 1. The Morgan fingerprint density at radius 3 is 2.80 bits per heavy atom. The lowest BCUT2D eigenvalue weighted by molar-refractivity contribution is 0.0984. The highest BCUT2D eigenvalue weighted by molar-refractivity contribution is 7.92. The summed E-state index contributed by atoms with van der Waals surface area (Å²) in [5.41, 5.74) is 0.567. The van der Waals surface area contributed by atoms with Crippen LogP contribution in [0.1, 0.15) is 33.7 Å². The van der Waals surface area contributed by atoms with Gasteiger partial charge in [0.15, 0.2) is 0 Å². The van der Waals surface area contributed by atoms with E-state index in [-0.39, 0.29) is 4.21 Å². The Bertz CT molecular complexity index is 702. The molecule has 0 atom stereocenters. The van der Waals surface area contributed by atoms with Crippen molar-refractivity contribution in [1.29, 1.82) is 0 Å². The fraction of sp³-hybridized carbons (Fsp3) is 0.333. The fourth-order valence-corrected chi connectivity index (χ4v) is 4.70. The van der Waals surface area contributed by atoms with Crippen LogP contribution in [0.25, 0.3) is 0 Å². The predicted molar refractivity (Wildman–Crippen MR) is 79.8 cm³/mol. The van der Waals surface area contributed by atoms with E-state index in [4.69, 9.17) is 0 Å². The molecule has 0 saturated heterocycles. The number of carbonyl (C=O) groups is 1. The quantitative estimate of drug-likeness (QED) is 0.914. The standard InChI is InChI=1S/C12H14N2O3S3/c1-3-5-9-13-8(2)11(19-9)12(15)14-20(16,17)10-6-4-7-18-10/h4,6-7H,3,5H2,1-2H3,(H,14,15). The van der Waals surface area contributed by atoms with E-state index in [0.717, 1.165) is 29.2 Å². The highest BCUT2D eigenvalue weighted by Gasteiger charge is 2.22. The summed E-state index contributed by atoms with van der Waals surface area (Å²) < 4.78 is 26.2.